The minimum absolute atomic E-state index is 0.0977. The number of hydrogen-bond donors (Lipinski definition) is 1. The highest BCUT2D eigenvalue weighted by molar-refractivity contribution is 5.96. The van der Waals surface area contributed by atoms with Crippen molar-refractivity contribution in [3.05, 3.63) is 65.6 Å². The first kappa shape index (κ1) is 25.2. The van der Waals surface area contributed by atoms with Gasteiger partial charge >= 0.3 is 0 Å². The smallest absolute Gasteiger partial charge is 0.253 e. The minimum Gasteiger partial charge on any atom is -0.496 e. The Labute approximate surface area is 219 Å². The van der Waals surface area contributed by atoms with Crippen LogP contribution >= 0.6 is 0 Å². The molecule has 0 spiro atoms. The van der Waals surface area contributed by atoms with Crippen molar-refractivity contribution in [2.24, 2.45) is 0 Å². The molecule has 2 aromatic heterocycles. The lowest BCUT2D eigenvalue weighted by Gasteiger charge is -2.24. The second kappa shape index (κ2) is 10.5. The van der Waals surface area contributed by atoms with Crippen molar-refractivity contribution < 1.29 is 23.1 Å². The third kappa shape index (κ3) is 4.78. The number of amides is 1. The van der Waals surface area contributed by atoms with Gasteiger partial charge in [0, 0.05) is 56.7 Å². The fraction of sp³-hybridized carbons (Fsp3) is 0.276. The molecule has 1 fully saturated rings. The Morgan fingerprint density at radius 2 is 1.97 bits per heavy atom. The van der Waals surface area contributed by atoms with Crippen LogP contribution in [0.2, 0.25) is 0 Å². The van der Waals surface area contributed by atoms with Gasteiger partial charge < -0.3 is 24.1 Å². The van der Waals surface area contributed by atoms with Crippen LogP contribution in [0.15, 0.2) is 53.1 Å². The fourth-order valence-corrected chi connectivity index (χ4v) is 4.64. The van der Waals surface area contributed by atoms with Crippen LogP contribution in [-0.2, 0) is 4.74 Å². The lowest BCUT2D eigenvalue weighted by atomic mass is 10.0. The van der Waals surface area contributed by atoms with Crippen molar-refractivity contribution >= 4 is 22.7 Å². The largest absolute Gasteiger partial charge is 0.496 e. The third-order valence-electron chi connectivity index (χ3n) is 6.62. The number of anilines is 1. The van der Waals surface area contributed by atoms with Gasteiger partial charge in [0.25, 0.3) is 5.91 Å². The Balaban J connectivity index is 1.54. The topological polar surface area (TPSA) is 101 Å². The van der Waals surface area contributed by atoms with Gasteiger partial charge in [-0.3, -0.25) is 9.78 Å². The predicted molar refractivity (Wildman–Crippen MR) is 142 cm³/mol. The number of rotatable bonds is 6. The maximum absolute atomic E-state index is 15.3. The standard InChI is InChI=1S/C29H27FN4O4/c1-34(2)29(35)18-13-22(30)27(25(14-18)36-3)26-15-24-28(38-26)21(6-9-32-24)17-4-5-23(19(12-17)16-31)33-20-7-10-37-11-8-20/h4-6,9,12-15,20,33H,7-8,10-11H2,1-3H3. The molecule has 0 atom stereocenters. The summed E-state index contributed by atoms with van der Waals surface area (Å²) < 4.78 is 32.3. The summed E-state index contributed by atoms with van der Waals surface area (Å²) in [6.45, 7) is 1.40. The van der Waals surface area contributed by atoms with E-state index in [1.807, 2.05) is 12.1 Å². The van der Waals surface area contributed by atoms with Crippen LogP contribution in [0.1, 0.15) is 28.8 Å². The minimum atomic E-state index is -0.648. The van der Waals surface area contributed by atoms with Gasteiger partial charge in [0.05, 0.1) is 23.9 Å². The molecule has 9 heteroatoms. The van der Waals surface area contributed by atoms with E-state index in [9.17, 15) is 10.1 Å². The average Bonchev–Trinajstić information content (AvgIpc) is 3.36. The van der Waals surface area contributed by atoms with Gasteiger partial charge in [0.15, 0.2) is 5.58 Å². The summed E-state index contributed by atoms with van der Waals surface area (Å²) in [7, 11) is 4.60. The number of halogens is 1. The third-order valence-corrected chi connectivity index (χ3v) is 6.62. The van der Waals surface area contributed by atoms with E-state index in [1.54, 1.807) is 38.5 Å². The van der Waals surface area contributed by atoms with Crippen molar-refractivity contribution in [2.45, 2.75) is 18.9 Å². The Morgan fingerprint density at radius 1 is 1.18 bits per heavy atom. The summed E-state index contributed by atoms with van der Waals surface area (Å²) in [5, 5.41) is 13.3. The molecule has 0 radical (unpaired) electrons. The van der Waals surface area contributed by atoms with Crippen LogP contribution in [0, 0.1) is 17.1 Å². The van der Waals surface area contributed by atoms with E-state index < -0.39 is 5.82 Å². The van der Waals surface area contributed by atoms with Gasteiger partial charge in [-0.05, 0) is 48.7 Å². The van der Waals surface area contributed by atoms with Crippen LogP contribution in [0.5, 0.6) is 5.75 Å². The molecule has 0 saturated carbocycles. The average molecular weight is 515 g/mol. The van der Waals surface area contributed by atoms with Crippen LogP contribution in [0.4, 0.5) is 10.1 Å². The number of aromatic nitrogens is 1. The first-order valence-electron chi connectivity index (χ1n) is 12.3. The second-order valence-corrected chi connectivity index (χ2v) is 9.32. The first-order valence-corrected chi connectivity index (χ1v) is 12.3. The molecular formula is C29H27FN4O4. The maximum atomic E-state index is 15.3. The van der Waals surface area contributed by atoms with Gasteiger partial charge in [-0.1, -0.05) is 6.07 Å². The highest BCUT2D eigenvalue weighted by atomic mass is 19.1. The second-order valence-electron chi connectivity index (χ2n) is 9.32. The molecule has 0 aliphatic carbocycles. The molecule has 5 rings (SSSR count). The number of nitrogens with one attached hydrogen (secondary N) is 1. The molecule has 1 saturated heterocycles. The zero-order valence-corrected chi connectivity index (χ0v) is 21.4. The molecule has 38 heavy (non-hydrogen) atoms. The van der Waals surface area contributed by atoms with Crippen LogP contribution in [-0.4, -0.2) is 56.3 Å². The van der Waals surface area contributed by atoms with Crippen molar-refractivity contribution in [2.75, 3.05) is 39.7 Å². The number of methoxy groups -OCH3 is 1. The molecule has 3 heterocycles. The van der Waals surface area contributed by atoms with Crippen LogP contribution < -0.4 is 10.1 Å². The number of hydrogen-bond acceptors (Lipinski definition) is 7. The Hall–Kier alpha value is -4.42. The van der Waals surface area contributed by atoms with Gasteiger partial charge in [0.1, 0.15) is 28.9 Å². The van der Waals surface area contributed by atoms with E-state index in [0.29, 0.717) is 35.4 Å². The van der Waals surface area contributed by atoms with E-state index >= 15 is 4.39 Å². The highest BCUT2D eigenvalue weighted by Crippen LogP contribution is 2.39. The number of nitriles is 1. The molecular weight excluding hydrogens is 487 g/mol. The summed E-state index contributed by atoms with van der Waals surface area (Å²) in [6.07, 6.45) is 3.41. The normalized spacial score (nSPS) is 13.8. The molecule has 4 aromatic rings. The van der Waals surface area contributed by atoms with E-state index in [1.165, 1.54) is 24.1 Å². The summed E-state index contributed by atoms with van der Waals surface area (Å²) >= 11 is 0. The summed E-state index contributed by atoms with van der Waals surface area (Å²) in [5.41, 5.74) is 4.01. The molecule has 1 amide bonds. The molecule has 1 aliphatic rings. The molecule has 8 nitrogen and oxygen atoms in total. The molecule has 1 aliphatic heterocycles. The number of carbonyl (C=O) groups is 1. The van der Waals surface area contributed by atoms with E-state index in [0.717, 1.165) is 24.1 Å². The maximum Gasteiger partial charge on any atom is 0.253 e. The summed E-state index contributed by atoms with van der Waals surface area (Å²) in [5.74, 6) is -0.599. The monoisotopic (exact) mass is 514 g/mol. The molecule has 194 valence electrons. The zero-order chi connectivity index (χ0) is 26.8. The predicted octanol–water partition coefficient (Wildman–Crippen LogP) is 5.47. The number of carbonyl (C=O) groups excluding carboxylic acids is 1. The molecule has 0 unspecified atom stereocenters. The van der Waals surface area contributed by atoms with Crippen LogP contribution in [0.25, 0.3) is 33.6 Å². The lowest BCUT2D eigenvalue weighted by Crippen LogP contribution is -2.28. The van der Waals surface area contributed by atoms with Crippen LogP contribution in [0.3, 0.4) is 0 Å². The quantitative estimate of drug-likeness (QED) is 0.364. The summed E-state index contributed by atoms with van der Waals surface area (Å²) in [6, 6.07) is 14.3. The SMILES string of the molecule is COc1cc(C(=O)N(C)C)cc(F)c1-c1cc2nccc(-c3ccc(NC4CCOCC4)c(C#N)c3)c2o1. The fourth-order valence-electron chi connectivity index (χ4n) is 4.64. The number of benzene rings is 2. The van der Waals surface area contributed by atoms with Gasteiger partial charge in [-0.15, -0.1) is 0 Å². The van der Waals surface area contributed by atoms with Crippen molar-refractivity contribution in [1.29, 1.82) is 5.26 Å². The van der Waals surface area contributed by atoms with E-state index in [2.05, 4.69) is 16.4 Å². The number of ether oxygens (including phenoxy) is 2. The van der Waals surface area contributed by atoms with E-state index in [-0.39, 0.29) is 34.6 Å². The van der Waals surface area contributed by atoms with Crippen molar-refractivity contribution in [3.63, 3.8) is 0 Å². The number of fused-ring (bicyclic) bond motifs is 1. The number of furan rings is 1. The van der Waals surface area contributed by atoms with Crippen molar-refractivity contribution in [1.82, 2.24) is 9.88 Å². The number of pyridine rings is 1. The summed E-state index contributed by atoms with van der Waals surface area (Å²) in [4.78, 5) is 18.1. The first-order chi connectivity index (χ1) is 18.4. The van der Waals surface area contributed by atoms with E-state index in [4.69, 9.17) is 13.9 Å². The number of nitrogens with zero attached hydrogens (tertiary/aromatic N) is 3. The zero-order valence-electron chi connectivity index (χ0n) is 21.4. The van der Waals surface area contributed by atoms with Gasteiger partial charge in [-0.2, -0.15) is 5.26 Å². The molecule has 1 N–H and O–H groups in total. The molecule has 2 aromatic carbocycles. The van der Waals surface area contributed by atoms with Gasteiger partial charge in [0.2, 0.25) is 0 Å². The van der Waals surface area contributed by atoms with Crippen molar-refractivity contribution in [3.8, 4) is 34.3 Å². The highest BCUT2D eigenvalue weighted by Gasteiger charge is 2.23. The Morgan fingerprint density at radius 3 is 2.68 bits per heavy atom. The Bertz CT molecular complexity index is 1550. The molecule has 0 bridgehead atoms. The Kier molecular flexibility index (Phi) is 6.99. The lowest BCUT2D eigenvalue weighted by molar-refractivity contribution is 0.0826. The van der Waals surface area contributed by atoms with Gasteiger partial charge in [-0.25, -0.2) is 4.39 Å².